The van der Waals surface area contributed by atoms with E-state index in [1.165, 1.54) is 22.4 Å². The second-order valence-corrected chi connectivity index (χ2v) is 7.47. The van der Waals surface area contributed by atoms with Crippen molar-refractivity contribution in [2.75, 3.05) is 6.54 Å². The SMILES string of the molecule is Cc1nc([C@H]2CCCN2Cc2cnc(-c3ccccc3C)s2)n[nH]1. The maximum Gasteiger partial charge on any atom is 0.167 e. The van der Waals surface area contributed by atoms with Gasteiger partial charge < -0.3 is 0 Å². The lowest BCUT2D eigenvalue weighted by Crippen LogP contribution is -2.23. The van der Waals surface area contributed by atoms with Crippen LogP contribution in [0.5, 0.6) is 0 Å². The summed E-state index contributed by atoms with van der Waals surface area (Å²) in [5.74, 6) is 1.81. The van der Waals surface area contributed by atoms with Crippen LogP contribution in [0.15, 0.2) is 30.5 Å². The molecule has 124 valence electrons. The maximum atomic E-state index is 4.65. The molecular formula is C18H21N5S. The third-order valence-electron chi connectivity index (χ3n) is 4.56. The minimum absolute atomic E-state index is 0.318. The third kappa shape index (κ3) is 2.99. The zero-order chi connectivity index (χ0) is 16.5. The van der Waals surface area contributed by atoms with E-state index in [-0.39, 0.29) is 0 Å². The Kier molecular flexibility index (Phi) is 4.16. The quantitative estimate of drug-likeness (QED) is 0.783. The van der Waals surface area contributed by atoms with Crippen molar-refractivity contribution in [3.05, 3.63) is 52.6 Å². The van der Waals surface area contributed by atoms with Gasteiger partial charge in [-0.15, -0.1) is 11.3 Å². The Balaban J connectivity index is 1.52. The number of aromatic nitrogens is 4. The van der Waals surface area contributed by atoms with Crippen molar-refractivity contribution in [3.8, 4) is 10.6 Å². The first-order valence-electron chi connectivity index (χ1n) is 8.34. The highest BCUT2D eigenvalue weighted by atomic mass is 32.1. The first-order valence-corrected chi connectivity index (χ1v) is 9.16. The molecule has 0 amide bonds. The number of rotatable bonds is 4. The van der Waals surface area contributed by atoms with Crippen molar-refractivity contribution in [3.63, 3.8) is 0 Å². The summed E-state index contributed by atoms with van der Waals surface area (Å²) in [5.41, 5.74) is 2.50. The second-order valence-electron chi connectivity index (χ2n) is 6.35. The molecule has 1 aromatic carbocycles. The third-order valence-corrected chi connectivity index (χ3v) is 5.58. The van der Waals surface area contributed by atoms with Crippen LogP contribution in [0.2, 0.25) is 0 Å². The zero-order valence-electron chi connectivity index (χ0n) is 14.0. The molecule has 0 bridgehead atoms. The van der Waals surface area contributed by atoms with Crippen molar-refractivity contribution in [2.45, 2.75) is 39.3 Å². The normalized spacial score (nSPS) is 18.3. The predicted molar refractivity (Wildman–Crippen MR) is 95.8 cm³/mol. The molecule has 1 N–H and O–H groups in total. The molecule has 4 rings (SSSR count). The summed E-state index contributed by atoms with van der Waals surface area (Å²) in [6.45, 7) is 6.10. The molecule has 0 radical (unpaired) electrons. The molecule has 5 nitrogen and oxygen atoms in total. The molecule has 2 aromatic heterocycles. The van der Waals surface area contributed by atoms with Gasteiger partial charge in [-0.25, -0.2) is 9.97 Å². The average molecular weight is 339 g/mol. The summed E-state index contributed by atoms with van der Waals surface area (Å²) in [5, 5.41) is 8.43. The van der Waals surface area contributed by atoms with Crippen molar-refractivity contribution in [1.82, 2.24) is 25.1 Å². The summed E-state index contributed by atoms with van der Waals surface area (Å²) < 4.78 is 0. The van der Waals surface area contributed by atoms with Crippen LogP contribution in [0.1, 0.15) is 41.0 Å². The number of H-pyrrole nitrogens is 1. The van der Waals surface area contributed by atoms with E-state index in [1.807, 2.05) is 13.1 Å². The molecule has 1 atom stereocenters. The first kappa shape index (κ1) is 15.5. The topological polar surface area (TPSA) is 57.7 Å². The largest absolute Gasteiger partial charge is 0.288 e. The summed E-state index contributed by atoms with van der Waals surface area (Å²) in [4.78, 5) is 12.9. The second kappa shape index (κ2) is 6.45. The molecular weight excluding hydrogens is 318 g/mol. The number of aryl methyl sites for hydroxylation is 2. The van der Waals surface area contributed by atoms with Crippen molar-refractivity contribution in [1.29, 1.82) is 0 Å². The molecule has 1 aliphatic heterocycles. The van der Waals surface area contributed by atoms with E-state index in [9.17, 15) is 0 Å². The Morgan fingerprint density at radius 3 is 2.96 bits per heavy atom. The number of aromatic amines is 1. The Labute approximate surface area is 145 Å². The molecule has 3 heterocycles. The van der Waals surface area contributed by atoms with E-state index in [2.05, 4.69) is 56.3 Å². The molecule has 3 aromatic rings. The molecule has 0 aliphatic carbocycles. The smallest absolute Gasteiger partial charge is 0.167 e. The van der Waals surface area contributed by atoms with Gasteiger partial charge in [-0.3, -0.25) is 10.00 Å². The van der Waals surface area contributed by atoms with Crippen LogP contribution in [0.25, 0.3) is 10.6 Å². The van der Waals surface area contributed by atoms with Crippen molar-refractivity contribution < 1.29 is 0 Å². The minimum Gasteiger partial charge on any atom is -0.288 e. The predicted octanol–water partition coefficient (Wildman–Crippen LogP) is 3.88. The van der Waals surface area contributed by atoms with Gasteiger partial charge in [0, 0.05) is 23.2 Å². The highest BCUT2D eigenvalue weighted by Gasteiger charge is 2.29. The lowest BCUT2D eigenvalue weighted by Gasteiger charge is -2.20. The molecule has 1 aliphatic rings. The number of likely N-dealkylation sites (tertiary alicyclic amines) is 1. The number of benzene rings is 1. The van der Waals surface area contributed by atoms with E-state index < -0.39 is 0 Å². The Hall–Kier alpha value is -2.05. The van der Waals surface area contributed by atoms with Crippen LogP contribution in [0, 0.1) is 13.8 Å². The lowest BCUT2D eigenvalue weighted by atomic mass is 10.1. The molecule has 24 heavy (non-hydrogen) atoms. The van der Waals surface area contributed by atoms with Gasteiger partial charge in [-0.05, 0) is 38.8 Å². The van der Waals surface area contributed by atoms with Crippen LogP contribution in [0.4, 0.5) is 0 Å². The van der Waals surface area contributed by atoms with Gasteiger partial charge in [-0.1, -0.05) is 24.3 Å². The van der Waals surface area contributed by atoms with Gasteiger partial charge in [0.1, 0.15) is 10.8 Å². The summed E-state index contributed by atoms with van der Waals surface area (Å²) in [6.07, 6.45) is 4.34. The van der Waals surface area contributed by atoms with Gasteiger partial charge in [-0.2, -0.15) is 5.10 Å². The first-order chi connectivity index (χ1) is 11.7. The minimum atomic E-state index is 0.318. The molecule has 0 unspecified atom stereocenters. The highest BCUT2D eigenvalue weighted by molar-refractivity contribution is 7.15. The summed E-state index contributed by atoms with van der Waals surface area (Å²) in [7, 11) is 0. The van der Waals surface area contributed by atoms with E-state index in [1.54, 1.807) is 11.3 Å². The summed E-state index contributed by atoms with van der Waals surface area (Å²) >= 11 is 1.79. The van der Waals surface area contributed by atoms with Crippen LogP contribution < -0.4 is 0 Å². The van der Waals surface area contributed by atoms with Gasteiger partial charge in [0.05, 0.1) is 6.04 Å². The van der Waals surface area contributed by atoms with Crippen molar-refractivity contribution in [2.24, 2.45) is 0 Å². The number of thiazole rings is 1. The molecule has 1 saturated heterocycles. The van der Waals surface area contributed by atoms with Crippen LogP contribution in [0.3, 0.4) is 0 Å². The van der Waals surface area contributed by atoms with E-state index in [4.69, 9.17) is 0 Å². The lowest BCUT2D eigenvalue weighted by molar-refractivity contribution is 0.242. The number of nitrogens with one attached hydrogen (secondary N) is 1. The zero-order valence-corrected chi connectivity index (χ0v) is 14.8. The monoisotopic (exact) mass is 339 g/mol. The molecule has 0 spiro atoms. The average Bonchev–Trinajstić information content (AvgIpc) is 3.29. The van der Waals surface area contributed by atoms with E-state index in [0.717, 1.165) is 36.2 Å². The van der Waals surface area contributed by atoms with E-state index >= 15 is 0 Å². The number of nitrogens with zero attached hydrogens (tertiary/aromatic N) is 4. The van der Waals surface area contributed by atoms with Crippen LogP contribution in [-0.2, 0) is 6.54 Å². The standard InChI is InChI=1S/C18H21N5S/c1-12-6-3-4-7-15(12)18-19-10-14(24-18)11-23-9-5-8-16(23)17-20-13(2)21-22-17/h3-4,6-7,10,16H,5,8-9,11H2,1-2H3,(H,20,21,22)/t16-/m1/s1. The Morgan fingerprint density at radius 2 is 2.17 bits per heavy atom. The Morgan fingerprint density at radius 1 is 1.29 bits per heavy atom. The van der Waals surface area contributed by atoms with Crippen molar-refractivity contribution >= 4 is 11.3 Å². The van der Waals surface area contributed by atoms with Gasteiger partial charge in [0.25, 0.3) is 0 Å². The van der Waals surface area contributed by atoms with Crippen LogP contribution in [-0.4, -0.2) is 31.6 Å². The number of hydrogen-bond donors (Lipinski definition) is 1. The van der Waals surface area contributed by atoms with Gasteiger partial charge >= 0.3 is 0 Å². The molecule has 1 fully saturated rings. The molecule has 6 heteroatoms. The van der Waals surface area contributed by atoms with Crippen LogP contribution >= 0.6 is 11.3 Å². The molecule has 0 saturated carbocycles. The summed E-state index contributed by atoms with van der Waals surface area (Å²) in [6, 6.07) is 8.75. The fourth-order valence-electron chi connectivity index (χ4n) is 3.33. The number of hydrogen-bond acceptors (Lipinski definition) is 5. The van der Waals surface area contributed by atoms with Gasteiger partial charge in [0.15, 0.2) is 5.82 Å². The Bertz CT molecular complexity index is 837. The fourth-order valence-corrected chi connectivity index (χ4v) is 4.36. The maximum absolute atomic E-state index is 4.65. The van der Waals surface area contributed by atoms with Gasteiger partial charge in [0.2, 0.25) is 0 Å². The fraction of sp³-hybridized carbons (Fsp3) is 0.389. The van der Waals surface area contributed by atoms with E-state index in [0.29, 0.717) is 6.04 Å². The highest BCUT2D eigenvalue weighted by Crippen LogP contribution is 2.34.